The van der Waals surface area contributed by atoms with Crippen molar-refractivity contribution in [3.8, 4) is 11.3 Å². The Morgan fingerprint density at radius 2 is 1.74 bits per heavy atom. The molecule has 0 radical (unpaired) electrons. The largest absolute Gasteiger partial charge is 0.324 e. The van der Waals surface area contributed by atoms with Crippen LogP contribution < -0.4 is 10.9 Å². The molecular weight excluding hydrogens is 358 g/mol. The number of benzene rings is 2. The van der Waals surface area contributed by atoms with Gasteiger partial charge in [0.1, 0.15) is 6.54 Å². The van der Waals surface area contributed by atoms with Gasteiger partial charge in [-0.15, -0.1) is 11.8 Å². The normalized spacial score (nSPS) is 10.6. The van der Waals surface area contributed by atoms with Gasteiger partial charge in [-0.3, -0.25) is 9.59 Å². The lowest BCUT2D eigenvalue weighted by Crippen LogP contribution is -2.29. The Kier molecular flexibility index (Phi) is 6.08. The summed E-state index contributed by atoms with van der Waals surface area (Å²) in [4.78, 5) is 25.5. The Labute approximate surface area is 162 Å². The molecule has 0 fully saturated rings. The lowest BCUT2D eigenvalue weighted by atomic mass is 10.1. The van der Waals surface area contributed by atoms with Crippen molar-refractivity contribution < 1.29 is 4.79 Å². The summed E-state index contributed by atoms with van der Waals surface area (Å²) in [6.45, 7) is 1.96. The maximum atomic E-state index is 12.3. The van der Waals surface area contributed by atoms with E-state index in [-0.39, 0.29) is 18.0 Å². The first-order chi connectivity index (χ1) is 13.1. The molecule has 3 aromatic rings. The van der Waals surface area contributed by atoms with E-state index < -0.39 is 0 Å². The number of anilines is 1. The van der Waals surface area contributed by atoms with Crippen molar-refractivity contribution in [2.24, 2.45) is 0 Å². The van der Waals surface area contributed by atoms with Crippen molar-refractivity contribution >= 4 is 23.4 Å². The molecule has 0 saturated heterocycles. The van der Waals surface area contributed by atoms with Gasteiger partial charge in [0.15, 0.2) is 0 Å². The summed E-state index contributed by atoms with van der Waals surface area (Å²) < 4.78 is 1.19. The highest BCUT2D eigenvalue weighted by molar-refractivity contribution is 7.98. The summed E-state index contributed by atoms with van der Waals surface area (Å²) in [7, 11) is 0. The maximum Gasteiger partial charge on any atom is 0.267 e. The van der Waals surface area contributed by atoms with Crippen molar-refractivity contribution in [1.82, 2.24) is 9.78 Å². The second-order valence-electron chi connectivity index (χ2n) is 6.04. The fraction of sp³-hybridized carbons (Fsp3) is 0.190. The van der Waals surface area contributed by atoms with Gasteiger partial charge in [0.05, 0.1) is 5.69 Å². The Bertz CT molecular complexity index is 980. The van der Waals surface area contributed by atoms with E-state index in [9.17, 15) is 9.59 Å². The van der Waals surface area contributed by atoms with Gasteiger partial charge < -0.3 is 5.32 Å². The van der Waals surface area contributed by atoms with E-state index in [4.69, 9.17) is 0 Å². The Morgan fingerprint density at radius 1 is 1.04 bits per heavy atom. The molecule has 5 nitrogen and oxygen atoms in total. The lowest BCUT2D eigenvalue weighted by molar-refractivity contribution is -0.117. The number of carbonyl (C=O) groups excluding carboxylic acids is 1. The van der Waals surface area contributed by atoms with Crippen molar-refractivity contribution in [2.75, 3.05) is 11.6 Å². The molecule has 0 aliphatic heterocycles. The molecule has 0 bridgehead atoms. The van der Waals surface area contributed by atoms with Crippen molar-refractivity contribution in [3.05, 3.63) is 76.6 Å². The quantitative estimate of drug-likeness (QED) is 0.661. The molecule has 1 N–H and O–H groups in total. The Morgan fingerprint density at radius 3 is 2.37 bits per heavy atom. The maximum absolute atomic E-state index is 12.3. The molecule has 1 heterocycles. The Hall–Kier alpha value is -2.86. The van der Waals surface area contributed by atoms with Crippen LogP contribution in [0.3, 0.4) is 0 Å². The number of amides is 1. The molecule has 1 amide bonds. The summed E-state index contributed by atoms with van der Waals surface area (Å²) in [6, 6.07) is 18.7. The molecule has 0 aliphatic carbocycles. The number of nitrogens with one attached hydrogen (secondary N) is 1. The molecule has 138 valence electrons. The highest BCUT2D eigenvalue weighted by Gasteiger charge is 2.09. The van der Waals surface area contributed by atoms with Crippen LogP contribution in [-0.4, -0.2) is 21.9 Å². The van der Waals surface area contributed by atoms with Crippen LogP contribution in [0.2, 0.25) is 0 Å². The zero-order valence-electron chi connectivity index (χ0n) is 15.3. The van der Waals surface area contributed by atoms with Gasteiger partial charge in [0.25, 0.3) is 5.56 Å². The number of nitrogens with zero attached hydrogens (tertiary/aromatic N) is 2. The predicted octanol–water partition coefficient (Wildman–Crippen LogP) is 3.83. The molecular formula is C21H21N3O2S. The average molecular weight is 379 g/mol. The van der Waals surface area contributed by atoms with Crippen LogP contribution >= 0.6 is 11.8 Å². The van der Waals surface area contributed by atoms with Crippen molar-refractivity contribution in [2.45, 2.75) is 24.8 Å². The van der Waals surface area contributed by atoms with Gasteiger partial charge >= 0.3 is 0 Å². The van der Waals surface area contributed by atoms with Crippen LogP contribution in [0.25, 0.3) is 11.3 Å². The van der Waals surface area contributed by atoms with E-state index in [1.807, 2.05) is 54.8 Å². The van der Waals surface area contributed by atoms with Gasteiger partial charge in [-0.1, -0.05) is 31.2 Å². The monoisotopic (exact) mass is 379 g/mol. The highest BCUT2D eigenvalue weighted by atomic mass is 32.2. The van der Waals surface area contributed by atoms with E-state index in [0.717, 1.165) is 16.9 Å². The average Bonchev–Trinajstić information content (AvgIpc) is 2.70. The fourth-order valence-electron chi connectivity index (χ4n) is 2.64. The van der Waals surface area contributed by atoms with E-state index in [1.165, 1.54) is 16.3 Å². The van der Waals surface area contributed by atoms with E-state index in [0.29, 0.717) is 11.4 Å². The van der Waals surface area contributed by atoms with Crippen LogP contribution in [0.1, 0.15) is 12.5 Å². The zero-order valence-corrected chi connectivity index (χ0v) is 16.1. The smallest absolute Gasteiger partial charge is 0.267 e. The number of thioether (sulfide) groups is 1. The third kappa shape index (κ3) is 4.86. The number of rotatable bonds is 6. The summed E-state index contributed by atoms with van der Waals surface area (Å²) >= 11 is 1.63. The molecule has 0 spiro atoms. The third-order valence-electron chi connectivity index (χ3n) is 4.19. The second-order valence-corrected chi connectivity index (χ2v) is 6.92. The predicted molar refractivity (Wildman–Crippen MR) is 110 cm³/mol. The second kappa shape index (κ2) is 8.68. The van der Waals surface area contributed by atoms with E-state index >= 15 is 0 Å². The first-order valence-corrected chi connectivity index (χ1v) is 9.93. The number of hydrogen-bond donors (Lipinski definition) is 1. The van der Waals surface area contributed by atoms with Gasteiger partial charge in [-0.2, -0.15) is 5.10 Å². The molecule has 3 rings (SSSR count). The first kappa shape index (κ1) is 18.9. The first-order valence-electron chi connectivity index (χ1n) is 8.70. The van der Waals surface area contributed by atoms with Gasteiger partial charge in [0.2, 0.25) is 5.91 Å². The van der Waals surface area contributed by atoms with Crippen LogP contribution in [-0.2, 0) is 17.8 Å². The summed E-state index contributed by atoms with van der Waals surface area (Å²) in [6.07, 6.45) is 2.96. The molecule has 1 aromatic heterocycles. The summed E-state index contributed by atoms with van der Waals surface area (Å²) in [5, 5.41) is 7.14. The number of aryl methyl sites for hydroxylation is 1. The van der Waals surface area contributed by atoms with Crippen LogP contribution in [0, 0.1) is 0 Å². The molecule has 6 heteroatoms. The van der Waals surface area contributed by atoms with Crippen LogP contribution in [0.4, 0.5) is 5.69 Å². The summed E-state index contributed by atoms with van der Waals surface area (Å²) in [5.41, 5.74) is 3.19. The molecule has 27 heavy (non-hydrogen) atoms. The van der Waals surface area contributed by atoms with Crippen molar-refractivity contribution in [3.63, 3.8) is 0 Å². The minimum atomic E-state index is -0.309. The molecule has 0 unspecified atom stereocenters. The molecule has 2 aromatic carbocycles. The summed E-state index contributed by atoms with van der Waals surface area (Å²) in [5.74, 6) is -0.292. The highest BCUT2D eigenvalue weighted by Crippen LogP contribution is 2.18. The lowest BCUT2D eigenvalue weighted by Gasteiger charge is -2.09. The number of hydrogen-bond acceptors (Lipinski definition) is 4. The minimum Gasteiger partial charge on any atom is -0.324 e. The topological polar surface area (TPSA) is 64.0 Å². The third-order valence-corrected chi connectivity index (χ3v) is 4.94. The van der Waals surface area contributed by atoms with Crippen molar-refractivity contribution in [1.29, 1.82) is 0 Å². The van der Waals surface area contributed by atoms with Crippen LogP contribution in [0.5, 0.6) is 0 Å². The number of carbonyl (C=O) groups is 1. The van der Waals surface area contributed by atoms with Gasteiger partial charge in [-0.05, 0) is 48.6 Å². The SMILES string of the molecule is CCc1ccc(-c2ccc(=O)n(CC(=O)Nc3ccc(SC)cc3)n2)cc1. The zero-order chi connectivity index (χ0) is 19.2. The van der Waals surface area contributed by atoms with E-state index in [2.05, 4.69) is 17.3 Å². The molecule has 0 aliphatic rings. The van der Waals surface area contributed by atoms with Gasteiger partial charge in [-0.25, -0.2) is 4.68 Å². The standard InChI is InChI=1S/C21H21N3O2S/c1-3-15-4-6-16(7-5-15)19-12-13-21(26)24(23-19)14-20(25)22-17-8-10-18(27-2)11-9-17/h4-13H,3,14H2,1-2H3,(H,22,25). The van der Waals surface area contributed by atoms with E-state index in [1.54, 1.807) is 17.8 Å². The Balaban J connectivity index is 1.75. The molecule has 0 saturated carbocycles. The number of aromatic nitrogens is 2. The van der Waals surface area contributed by atoms with Crippen LogP contribution in [0.15, 0.2) is 70.4 Å². The fourth-order valence-corrected chi connectivity index (χ4v) is 3.05. The molecule has 0 atom stereocenters. The minimum absolute atomic E-state index is 0.135. The van der Waals surface area contributed by atoms with Gasteiger partial charge in [0, 0.05) is 22.2 Å².